The minimum absolute atomic E-state index is 0.158. The molecule has 0 atom stereocenters. The van der Waals surface area contributed by atoms with Gasteiger partial charge in [-0.05, 0) is 30.5 Å². The van der Waals surface area contributed by atoms with E-state index in [4.69, 9.17) is 0 Å². The average molecular weight is 414 g/mol. The number of hydrogen-bond acceptors (Lipinski definition) is 4. The first-order valence-corrected chi connectivity index (χ1v) is 10.9. The van der Waals surface area contributed by atoms with Gasteiger partial charge in [0, 0.05) is 37.0 Å². The third-order valence-electron chi connectivity index (χ3n) is 5.64. The van der Waals surface area contributed by atoms with Crippen molar-refractivity contribution >= 4 is 17.5 Å². The summed E-state index contributed by atoms with van der Waals surface area (Å²) in [7, 11) is 0. The molecular formula is C26H27N3O2. The zero-order valence-electron chi connectivity index (χ0n) is 17.6. The van der Waals surface area contributed by atoms with E-state index in [0.717, 1.165) is 24.5 Å². The van der Waals surface area contributed by atoms with Crippen molar-refractivity contribution in [1.29, 1.82) is 0 Å². The molecule has 3 aromatic rings. The van der Waals surface area contributed by atoms with Crippen molar-refractivity contribution in [3.05, 3.63) is 95.2 Å². The van der Waals surface area contributed by atoms with E-state index in [9.17, 15) is 9.59 Å². The molecular weight excluding hydrogens is 386 g/mol. The van der Waals surface area contributed by atoms with Crippen LogP contribution in [-0.2, 0) is 6.54 Å². The Morgan fingerprint density at radius 3 is 2.16 bits per heavy atom. The van der Waals surface area contributed by atoms with E-state index in [1.165, 1.54) is 25.7 Å². The number of amides is 1. The van der Waals surface area contributed by atoms with Gasteiger partial charge in [-0.2, -0.15) is 0 Å². The molecule has 4 rings (SSSR count). The summed E-state index contributed by atoms with van der Waals surface area (Å²) in [5, 5.41) is 2.93. The Hall–Kier alpha value is -3.47. The fraction of sp³-hybridized carbons (Fsp3) is 0.269. The fourth-order valence-electron chi connectivity index (χ4n) is 3.91. The Morgan fingerprint density at radius 2 is 1.48 bits per heavy atom. The Kier molecular flexibility index (Phi) is 6.72. The van der Waals surface area contributed by atoms with Gasteiger partial charge in [-0.15, -0.1) is 0 Å². The molecule has 1 fully saturated rings. The molecule has 1 amide bonds. The largest absolute Gasteiger partial charge is 0.357 e. The van der Waals surface area contributed by atoms with Crippen molar-refractivity contribution in [2.75, 3.05) is 18.0 Å². The van der Waals surface area contributed by atoms with Gasteiger partial charge in [0.2, 0.25) is 0 Å². The normalized spacial score (nSPS) is 14.0. The molecule has 0 spiro atoms. The molecule has 2 heterocycles. The Balaban J connectivity index is 1.42. The number of nitrogens with one attached hydrogen (secondary N) is 1. The second kappa shape index (κ2) is 10.0. The summed E-state index contributed by atoms with van der Waals surface area (Å²) in [5.41, 5.74) is 2.28. The number of ketones is 1. The highest BCUT2D eigenvalue weighted by Gasteiger charge is 2.18. The van der Waals surface area contributed by atoms with E-state index >= 15 is 0 Å². The number of carbonyl (C=O) groups is 2. The first kappa shape index (κ1) is 20.8. The van der Waals surface area contributed by atoms with Crippen LogP contribution in [-0.4, -0.2) is 29.8 Å². The van der Waals surface area contributed by atoms with Gasteiger partial charge in [0.15, 0.2) is 5.78 Å². The van der Waals surface area contributed by atoms with Gasteiger partial charge in [0.1, 0.15) is 5.82 Å². The SMILES string of the molecule is O=C(NCc1ccc(N2CCCCCC2)nc1)c1ccccc1C(=O)c1ccccc1. The smallest absolute Gasteiger partial charge is 0.252 e. The van der Waals surface area contributed by atoms with Crippen LogP contribution in [0.5, 0.6) is 0 Å². The molecule has 1 aliphatic heterocycles. The van der Waals surface area contributed by atoms with Gasteiger partial charge in [-0.25, -0.2) is 4.98 Å². The first-order chi connectivity index (χ1) is 15.2. The molecule has 1 aliphatic rings. The number of nitrogens with zero attached hydrogens (tertiary/aromatic N) is 2. The van der Waals surface area contributed by atoms with Crippen molar-refractivity contribution in [3.63, 3.8) is 0 Å². The number of benzene rings is 2. The zero-order chi connectivity index (χ0) is 21.5. The van der Waals surface area contributed by atoms with Crippen LogP contribution in [0.15, 0.2) is 72.9 Å². The molecule has 158 valence electrons. The summed E-state index contributed by atoms with van der Waals surface area (Å²) in [6.45, 7) is 2.46. The number of rotatable bonds is 6. The van der Waals surface area contributed by atoms with E-state index in [-0.39, 0.29) is 11.7 Å². The lowest BCUT2D eigenvalue weighted by Crippen LogP contribution is -2.26. The quantitative estimate of drug-likeness (QED) is 0.599. The standard InChI is InChI=1S/C26H27N3O2/c30-25(21-10-4-3-5-11-21)22-12-6-7-13-23(22)26(31)28-19-20-14-15-24(27-18-20)29-16-8-1-2-9-17-29/h3-7,10-15,18H,1-2,8-9,16-17,19H2,(H,28,31). The van der Waals surface area contributed by atoms with E-state index in [0.29, 0.717) is 23.2 Å². The number of carbonyl (C=O) groups excluding carboxylic acids is 2. The predicted molar refractivity (Wildman–Crippen MR) is 122 cm³/mol. The van der Waals surface area contributed by atoms with Crippen LogP contribution in [0.3, 0.4) is 0 Å². The molecule has 0 aliphatic carbocycles. The third-order valence-corrected chi connectivity index (χ3v) is 5.64. The van der Waals surface area contributed by atoms with Gasteiger partial charge in [-0.1, -0.05) is 67.4 Å². The molecule has 2 aromatic carbocycles. The van der Waals surface area contributed by atoms with E-state index in [2.05, 4.69) is 15.2 Å². The summed E-state index contributed by atoms with van der Waals surface area (Å²) in [4.78, 5) is 32.6. The van der Waals surface area contributed by atoms with Crippen LogP contribution >= 0.6 is 0 Å². The van der Waals surface area contributed by atoms with E-state index in [1.54, 1.807) is 36.4 Å². The van der Waals surface area contributed by atoms with E-state index < -0.39 is 0 Å². The highest BCUT2D eigenvalue weighted by atomic mass is 16.2. The molecule has 1 aromatic heterocycles. The van der Waals surface area contributed by atoms with Crippen molar-refractivity contribution < 1.29 is 9.59 Å². The van der Waals surface area contributed by atoms with Crippen molar-refractivity contribution in [3.8, 4) is 0 Å². The minimum atomic E-state index is -0.267. The maximum Gasteiger partial charge on any atom is 0.252 e. The van der Waals surface area contributed by atoms with Gasteiger partial charge in [0.25, 0.3) is 5.91 Å². The second-order valence-corrected chi connectivity index (χ2v) is 7.85. The number of hydrogen-bond donors (Lipinski definition) is 1. The monoisotopic (exact) mass is 413 g/mol. The third kappa shape index (κ3) is 5.18. The van der Waals surface area contributed by atoms with Crippen LogP contribution in [0.1, 0.15) is 57.5 Å². The molecule has 5 heteroatoms. The van der Waals surface area contributed by atoms with Gasteiger partial charge in [-0.3, -0.25) is 9.59 Å². The number of aromatic nitrogens is 1. The van der Waals surface area contributed by atoms with Crippen molar-refractivity contribution in [2.45, 2.75) is 32.2 Å². The molecule has 31 heavy (non-hydrogen) atoms. The summed E-state index contributed by atoms with van der Waals surface area (Å²) < 4.78 is 0. The molecule has 0 radical (unpaired) electrons. The Labute approximate surface area is 183 Å². The molecule has 1 N–H and O–H groups in total. The molecule has 5 nitrogen and oxygen atoms in total. The summed E-state index contributed by atoms with van der Waals surface area (Å²) >= 11 is 0. The number of pyridine rings is 1. The van der Waals surface area contributed by atoms with Gasteiger partial charge >= 0.3 is 0 Å². The second-order valence-electron chi connectivity index (χ2n) is 7.85. The Bertz CT molecular complexity index is 1020. The maximum absolute atomic E-state index is 12.9. The van der Waals surface area contributed by atoms with Crippen LogP contribution in [0.4, 0.5) is 5.82 Å². The lowest BCUT2D eigenvalue weighted by molar-refractivity contribution is 0.0939. The highest BCUT2D eigenvalue weighted by molar-refractivity contribution is 6.15. The maximum atomic E-state index is 12.9. The Morgan fingerprint density at radius 1 is 0.806 bits per heavy atom. The van der Waals surface area contributed by atoms with Gasteiger partial charge in [0.05, 0.1) is 5.56 Å². The average Bonchev–Trinajstić information content (AvgIpc) is 3.13. The van der Waals surface area contributed by atoms with Gasteiger partial charge < -0.3 is 10.2 Å². The molecule has 1 saturated heterocycles. The summed E-state index contributed by atoms with van der Waals surface area (Å²) in [5.74, 6) is 0.571. The fourth-order valence-corrected chi connectivity index (χ4v) is 3.91. The zero-order valence-corrected chi connectivity index (χ0v) is 17.6. The minimum Gasteiger partial charge on any atom is -0.357 e. The molecule has 0 bridgehead atoms. The highest BCUT2D eigenvalue weighted by Crippen LogP contribution is 2.18. The molecule has 0 saturated carbocycles. The molecule has 0 unspecified atom stereocenters. The predicted octanol–water partition coefficient (Wildman–Crippen LogP) is 4.62. The van der Waals surface area contributed by atoms with E-state index in [1.807, 2.05) is 36.5 Å². The van der Waals surface area contributed by atoms with Crippen LogP contribution in [0.25, 0.3) is 0 Å². The number of anilines is 1. The lowest BCUT2D eigenvalue weighted by atomic mass is 9.98. The van der Waals surface area contributed by atoms with Crippen LogP contribution in [0, 0.1) is 0 Å². The van der Waals surface area contributed by atoms with Crippen molar-refractivity contribution in [2.24, 2.45) is 0 Å². The summed E-state index contributed by atoms with van der Waals surface area (Å²) in [6.07, 6.45) is 6.81. The lowest BCUT2D eigenvalue weighted by Gasteiger charge is -2.21. The van der Waals surface area contributed by atoms with Crippen molar-refractivity contribution in [1.82, 2.24) is 10.3 Å². The first-order valence-electron chi connectivity index (χ1n) is 10.9. The van der Waals surface area contributed by atoms with Crippen LogP contribution < -0.4 is 10.2 Å². The van der Waals surface area contributed by atoms with Crippen LogP contribution in [0.2, 0.25) is 0 Å². The topological polar surface area (TPSA) is 62.3 Å². The summed E-state index contributed by atoms with van der Waals surface area (Å²) in [6, 6.07) is 20.0.